The standard InChI is InChI=1S/C24H31N5O2/c1-31-14-6-13-29-22-10-3-2-9-21(22)27-24(29)19-8-5-12-28(17-19)23(30)15-20(25)18-7-4-11-26-16-18/h2-4,7,9-11,16,19-20H,5-6,8,12-15,17,25H2,1H3. The Bertz CT molecular complexity index is 1000. The average molecular weight is 422 g/mol. The van der Waals surface area contributed by atoms with Crippen LogP contribution in [0.3, 0.4) is 0 Å². The molecule has 1 amide bonds. The largest absolute Gasteiger partial charge is 0.385 e. The van der Waals surface area contributed by atoms with E-state index >= 15 is 0 Å². The number of fused-ring (bicyclic) bond motifs is 1. The van der Waals surface area contributed by atoms with Gasteiger partial charge >= 0.3 is 0 Å². The fourth-order valence-corrected chi connectivity index (χ4v) is 4.45. The number of para-hydroxylation sites is 2. The molecule has 7 nitrogen and oxygen atoms in total. The van der Waals surface area contributed by atoms with E-state index in [1.165, 1.54) is 0 Å². The summed E-state index contributed by atoms with van der Waals surface area (Å²) in [5, 5.41) is 0. The molecule has 1 fully saturated rings. The highest BCUT2D eigenvalue weighted by atomic mass is 16.5. The number of hydrogen-bond acceptors (Lipinski definition) is 5. The maximum atomic E-state index is 13.0. The third-order valence-corrected chi connectivity index (χ3v) is 6.06. The Morgan fingerprint density at radius 2 is 2.16 bits per heavy atom. The number of likely N-dealkylation sites (tertiary alicyclic amines) is 1. The molecule has 164 valence electrons. The van der Waals surface area contributed by atoms with Gasteiger partial charge in [-0.15, -0.1) is 0 Å². The molecule has 0 radical (unpaired) electrons. The van der Waals surface area contributed by atoms with Crippen LogP contribution in [-0.4, -0.2) is 52.1 Å². The van der Waals surface area contributed by atoms with Gasteiger partial charge in [0.15, 0.2) is 0 Å². The minimum absolute atomic E-state index is 0.100. The van der Waals surface area contributed by atoms with E-state index in [1.807, 2.05) is 23.1 Å². The molecule has 0 saturated carbocycles. The highest BCUT2D eigenvalue weighted by molar-refractivity contribution is 5.78. The molecule has 1 saturated heterocycles. The van der Waals surface area contributed by atoms with Crippen molar-refractivity contribution in [2.45, 2.75) is 44.2 Å². The van der Waals surface area contributed by atoms with E-state index in [1.54, 1.807) is 19.5 Å². The number of rotatable bonds is 8. The van der Waals surface area contributed by atoms with E-state index in [0.29, 0.717) is 19.6 Å². The number of aromatic nitrogens is 3. The van der Waals surface area contributed by atoms with E-state index in [0.717, 1.165) is 54.8 Å². The second-order valence-corrected chi connectivity index (χ2v) is 8.23. The quantitative estimate of drug-likeness (QED) is 0.564. The zero-order chi connectivity index (χ0) is 21.6. The smallest absolute Gasteiger partial charge is 0.224 e. The Morgan fingerprint density at radius 1 is 1.29 bits per heavy atom. The lowest BCUT2D eigenvalue weighted by molar-refractivity contribution is -0.132. The predicted molar refractivity (Wildman–Crippen MR) is 121 cm³/mol. The van der Waals surface area contributed by atoms with Crippen molar-refractivity contribution in [3.05, 3.63) is 60.2 Å². The lowest BCUT2D eigenvalue weighted by Gasteiger charge is -2.33. The van der Waals surface area contributed by atoms with Crippen LogP contribution < -0.4 is 5.73 Å². The summed E-state index contributed by atoms with van der Waals surface area (Å²) in [5.41, 5.74) is 9.33. The van der Waals surface area contributed by atoms with E-state index in [4.69, 9.17) is 15.5 Å². The SMILES string of the molecule is COCCCn1c(C2CCCN(C(=O)CC(N)c3cccnc3)C2)nc2ccccc21. The Kier molecular flexibility index (Phi) is 6.94. The van der Waals surface area contributed by atoms with Crippen molar-refractivity contribution < 1.29 is 9.53 Å². The zero-order valence-electron chi connectivity index (χ0n) is 18.1. The Balaban J connectivity index is 1.49. The van der Waals surface area contributed by atoms with Gasteiger partial charge in [0.2, 0.25) is 5.91 Å². The Labute approximate surface area is 183 Å². The first-order valence-corrected chi connectivity index (χ1v) is 11.0. The molecule has 31 heavy (non-hydrogen) atoms. The predicted octanol–water partition coefficient (Wildman–Crippen LogP) is 3.26. The molecule has 0 bridgehead atoms. The summed E-state index contributed by atoms with van der Waals surface area (Å²) in [5.74, 6) is 1.40. The molecule has 0 spiro atoms. The van der Waals surface area contributed by atoms with Crippen molar-refractivity contribution in [3.63, 3.8) is 0 Å². The molecule has 0 aliphatic carbocycles. The van der Waals surface area contributed by atoms with E-state index in [2.05, 4.69) is 27.8 Å². The summed E-state index contributed by atoms with van der Waals surface area (Å²) in [6.45, 7) is 3.04. The molecular formula is C24H31N5O2. The monoisotopic (exact) mass is 421 g/mol. The van der Waals surface area contributed by atoms with Crippen LogP contribution in [0.1, 0.15) is 49.0 Å². The topological polar surface area (TPSA) is 86.3 Å². The number of nitrogens with two attached hydrogens (primary N) is 1. The van der Waals surface area contributed by atoms with Crippen molar-refractivity contribution in [1.29, 1.82) is 0 Å². The summed E-state index contributed by atoms with van der Waals surface area (Å²) in [6.07, 6.45) is 6.68. The van der Waals surface area contributed by atoms with Gasteiger partial charge in [-0.1, -0.05) is 18.2 Å². The van der Waals surface area contributed by atoms with E-state index < -0.39 is 0 Å². The van der Waals surface area contributed by atoms with Crippen LogP contribution in [-0.2, 0) is 16.1 Å². The molecule has 1 aromatic carbocycles. The molecule has 4 rings (SSSR count). The molecule has 3 aromatic rings. The van der Waals surface area contributed by atoms with Gasteiger partial charge in [-0.3, -0.25) is 9.78 Å². The highest BCUT2D eigenvalue weighted by Crippen LogP contribution is 2.30. The van der Waals surface area contributed by atoms with Crippen LogP contribution >= 0.6 is 0 Å². The van der Waals surface area contributed by atoms with E-state index in [9.17, 15) is 4.79 Å². The van der Waals surface area contributed by atoms with Crippen LogP contribution in [0.2, 0.25) is 0 Å². The molecule has 2 N–H and O–H groups in total. The normalized spacial score (nSPS) is 17.7. The number of benzene rings is 1. The maximum Gasteiger partial charge on any atom is 0.224 e. The van der Waals surface area contributed by atoms with Gasteiger partial charge in [0.25, 0.3) is 0 Å². The molecule has 1 aliphatic heterocycles. The molecule has 1 aliphatic rings. The van der Waals surface area contributed by atoms with Crippen molar-refractivity contribution in [3.8, 4) is 0 Å². The zero-order valence-corrected chi connectivity index (χ0v) is 18.1. The third-order valence-electron chi connectivity index (χ3n) is 6.06. The van der Waals surface area contributed by atoms with Crippen LogP contribution in [0.4, 0.5) is 0 Å². The maximum absolute atomic E-state index is 13.0. The number of ether oxygens (including phenoxy) is 1. The molecule has 2 unspecified atom stereocenters. The molecular weight excluding hydrogens is 390 g/mol. The third kappa shape index (κ3) is 4.94. The van der Waals surface area contributed by atoms with Gasteiger partial charge in [-0.2, -0.15) is 0 Å². The number of amides is 1. The van der Waals surface area contributed by atoms with Gasteiger partial charge in [-0.05, 0) is 43.0 Å². The number of carbonyl (C=O) groups excluding carboxylic acids is 1. The Hall–Kier alpha value is -2.77. The van der Waals surface area contributed by atoms with Gasteiger partial charge in [-0.25, -0.2) is 4.98 Å². The summed E-state index contributed by atoms with van der Waals surface area (Å²) in [6, 6.07) is 11.7. The number of aryl methyl sites for hydroxylation is 1. The van der Waals surface area contributed by atoms with Gasteiger partial charge < -0.3 is 19.9 Å². The Morgan fingerprint density at radius 3 is 2.97 bits per heavy atom. The second kappa shape index (κ2) is 10.0. The highest BCUT2D eigenvalue weighted by Gasteiger charge is 2.29. The number of carbonyl (C=O) groups is 1. The molecule has 7 heteroatoms. The second-order valence-electron chi connectivity index (χ2n) is 8.23. The molecule has 2 atom stereocenters. The first kappa shape index (κ1) is 21.5. The lowest BCUT2D eigenvalue weighted by atomic mass is 9.96. The number of pyridine rings is 1. The first-order valence-electron chi connectivity index (χ1n) is 11.0. The van der Waals surface area contributed by atoms with Crippen molar-refractivity contribution in [2.75, 3.05) is 26.8 Å². The summed E-state index contributed by atoms with van der Waals surface area (Å²) in [4.78, 5) is 24.1. The van der Waals surface area contributed by atoms with Crippen molar-refractivity contribution in [1.82, 2.24) is 19.4 Å². The van der Waals surface area contributed by atoms with Gasteiger partial charge in [0, 0.05) is 64.1 Å². The van der Waals surface area contributed by atoms with Crippen molar-refractivity contribution in [2.24, 2.45) is 5.73 Å². The number of imidazole rings is 1. The minimum atomic E-state index is -0.333. The average Bonchev–Trinajstić information content (AvgIpc) is 3.18. The number of methoxy groups -OCH3 is 1. The molecule has 3 heterocycles. The lowest BCUT2D eigenvalue weighted by Crippen LogP contribution is -2.40. The van der Waals surface area contributed by atoms with Gasteiger partial charge in [0.05, 0.1) is 11.0 Å². The van der Waals surface area contributed by atoms with Crippen LogP contribution in [0, 0.1) is 0 Å². The molecule has 2 aromatic heterocycles. The van der Waals surface area contributed by atoms with E-state index in [-0.39, 0.29) is 17.9 Å². The number of nitrogens with zero attached hydrogens (tertiary/aromatic N) is 4. The summed E-state index contributed by atoms with van der Waals surface area (Å²) in [7, 11) is 1.73. The number of piperidine rings is 1. The fourth-order valence-electron chi connectivity index (χ4n) is 4.45. The summed E-state index contributed by atoms with van der Waals surface area (Å²) >= 11 is 0. The van der Waals surface area contributed by atoms with Gasteiger partial charge in [0.1, 0.15) is 5.82 Å². The minimum Gasteiger partial charge on any atom is -0.385 e. The van der Waals surface area contributed by atoms with Crippen LogP contribution in [0.5, 0.6) is 0 Å². The number of hydrogen-bond donors (Lipinski definition) is 1. The van der Waals surface area contributed by atoms with Crippen LogP contribution in [0.25, 0.3) is 11.0 Å². The van der Waals surface area contributed by atoms with Crippen molar-refractivity contribution >= 4 is 16.9 Å². The fraction of sp³-hybridized carbons (Fsp3) is 0.458. The van der Waals surface area contributed by atoms with Crippen LogP contribution in [0.15, 0.2) is 48.8 Å². The first-order chi connectivity index (χ1) is 15.2. The summed E-state index contributed by atoms with van der Waals surface area (Å²) < 4.78 is 7.57.